The molecule has 0 aliphatic carbocycles. The highest BCUT2D eigenvalue weighted by Crippen LogP contribution is 2.07. The number of carbonyl (C=O) groups excluding carboxylic acids is 1. The van der Waals surface area contributed by atoms with Gasteiger partial charge in [-0.15, -0.1) is 0 Å². The lowest BCUT2D eigenvalue weighted by Gasteiger charge is -2.25. The summed E-state index contributed by atoms with van der Waals surface area (Å²) in [6.07, 6.45) is 1.88. The fourth-order valence-electron chi connectivity index (χ4n) is 1.24. The Bertz CT molecular complexity index is 363. The minimum Gasteiger partial charge on any atom is -0.480 e. The van der Waals surface area contributed by atoms with Crippen LogP contribution in [-0.2, 0) is 4.79 Å². The lowest BCUT2D eigenvalue weighted by atomic mass is 10.2. The predicted octanol–water partition coefficient (Wildman–Crippen LogP) is 0.130. The van der Waals surface area contributed by atoms with Gasteiger partial charge in [0.05, 0.1) is 0 Å². The van der Waals surface area contributed by atoms with Gasteiger partial charge in [-0.05, 0) is 13.3 Å². The Kier molecular flexibility index (Phi) is 3.98. The maximum Gasteiger partial charge on any atom is 0.323 e. The van der Waals surface area contributed by atoms with E-state index in [9.17, 15) is 9.59 Å². The zero-order valence-corrected chi connectivity index (χ0v) is 9.17. The molecule has 16 heavy (non-hydrogen) atoms. The van der Waals surface area contributed by atoms with Crippen LogP contribution < -0.4 is 0 Å². The van der Waals surface area contributed by atoms with Gasteiger partial charge in [0.2, 0.25) is 5.82 Å². The van der Waals surface area contributed by atoms with E-state index >= 15 is 0 Å². The van der Waals surface area contributed by atoms with Crippen molar-refractivity contribution < 1.29 is 14.7 Å². The molecule has 88 valence electrons. The number of aromatic amines is 1. The number of H-pyrrole nitrogens is 1. The van der Waals surface area contributed by atoms with E-state index in [2.05, 4.69) is 15.2 Å². The summed E-state index contributed by atoms with van der Waals surface area (Å²) < 4.78 is 0. The summed E-state index contributed by atoms with van der Waals surface area (Å²) in [6, 6.07) is -0.159. The maximum absolute atomic E-state index is 11.9. The molecule has 1 rings (SSSR count). The van der Waals surface area contributed by atoms with Crippen LogP contribution in [0, 0.1) is 0 Å². The van der Waals surface area contributed by atoms with Gasteiger partial charge in [-0.3, -0.25) is 14.7 Å². The molecule has 7 heteroatoms. The van der Waals surface area contributed by atoms with E-state index < -0.39 is 11.9 Å². The predicted molar refractivity (Wildman–Crippen MR) is 54.8 cm³/mol. The van der Waals surface area contributed by atoms with Crippen LogP contribution in [0.3, 0.4) is 0 Å². The number of nitrogens with zero attached hydrogens (tertiary/aromatic N) is 3. The number of rotatable bonds is 5. The summed E-state index contributed by atoms with van der Waals surface area (Å²) in [6.45, 7) is 3.33. The zero-order chi connectivity index (χ0) is 12.1. The first-order valence-corrected chi connectivity index (χ1v) is 4.94. The van der Waals surface area contributed by atoms with Gasteiger partial charge in [-0.2, -0.15) is 5.10 Å². The Morgan fingerprint density at radius 3 is 2.75 bits per heavy atom. The normalized spacial score (nSPS) is 12.1. The number of carbonyl (C=O) groups is 2. The van der Waals surface area contributed by atoms with E-state index in [1.54, 1.807) is 6.92 Å². The van der Waals surface area contributed by atoms with E-state index in [0.717, 1.165) is 0 Å². The van der Waals surface area contributed by atoms with Crippen LogP contribution in [0.25, 0.3) is 0 Å². The molecule has 0 aromatic carbocycles. The third-order valence-corrected chi connectivity index (χ3v) is 2.31. The first-order valence-electron chi connectivity index (χ1n) is 4.94. The van der Waals surface area contributed by atoms with Crippen molar-refractivity contribution in [2.24, 2.45) is 0 Å². The highest BCUT2D eigenvalue weighted by Gasteiger charge is 2.24. The Hall–Kier alpha value is -1.92. The molecule has 0 saturated carbocycles. The average molecular weight is 226 g/mol. The number of carboxylic acids is 1. The van der Waals surface area contributed by atoms with Crippen LogP contribution in [0.1, 0.15) is 30.9 Å². The molecule has 1 unspecified atom stereocenters. The minimum atomic E-state index is -1.05. The molecule has 7 nitrogen and oxygen atoms in total. The molecule has 1 amide bonds. The first-order chi connectivity index (χ1) is 7.56. The van der Waals surface area contributed by atoms with Crippen molar-refractivity contribution in [3.63, 3.8) is 0 Å². The second-order valence-electron chi connectivity index (χ2n) is 3.42. The van der Waals surface area contributed by atoms with E-state index in [1.165, 1.54) is 11.2 Å². The van der Waals surface area contributed by atoms with Crippen LogP contribution in [0.2, 0.25) is 0 Å². The van der Waals surface area contributed by atoms with Gasteiger partial charge in [-0.25, -0.2) is 4.98 Å². The third kappa shape index (κ3) is 2.78. The van der Waals surface area contributed by atoms with Gasteiger partial charge in [0, 0.05) is 6.04 Å². The SMILES string of the molecule is CCC(C)N(CC(=O)O)C(=O)c1ncn[nH]1. The summed E-state index contributed by atoms with van der Waals surface area (Å²) in [5, 5.41) is 14.7. The van der Waals surface area contributed by atoms with Gasteiger partial charge in [0.25, 0.3) is 5.91 Å². The van der Waals surface area contributed by atoms with Crippen LogP contribution in [0.5, 0.6) is 0 Å². The van der Waals surface area contributed by atoms with Gasteiger partial charge < -0.3 is 10.0 Å². The molecule has 0 saturated heterocycles. The van der Waals surface area contributed by atoms with Crippen LogP contribution in [0.4, 0.5) is 0 Å². The average Bonchev–Trinajstić information content (AvgIpc) is 2.77. The monoisotopic (exact) mass is 226 g/mol. The number of hydrogen-bond donors (Lipinski definition) is 2. The van der Waals surface area contributed by atoms with Crippen LogP contribution >= 0.6 is 0 Å². The number of aromatic nitrogens is 3. The van der Waals surface area contributed by atoms with Crippen molar-refractivity contribution in [1.29, 1.82) is 0 Å². The molecule has 1 heterocycles. The zero-order valence-electron chi connectivity index (χ0n) is 9.17. The molecule has 1 atom stereocenters. The van der Waals surface area contributed by atoms with E-state index in [1.807, 2.05) is 6.92 Å². The number of aliphatic carboxylic acids is 1. The molecule has 1 aromatic rings. The summed E-state index contributed by atoms with van der Waals surface area (Å²) in [5.41, 5.74) is 0. The van der Waals surface area contributed by atoms with Crippen molar-refractivity contribution in [3.05, 3.63) is 12.2 Å². The van der Waals surface area contributed by atoms with Crippen molar-refractivity contribution >= 4 is 11.9 Å². The Labute approximate surface area is 92.5 Å². The third-order valence-electron chi connectivity index (χ3n) is 2.31. The molecule has 0 fully saturated rings. The number of nitrogens with one attached hydrogen (secondary N) is 1. The topological polar surface area (TPSA) is 99.2 Å². The molecular formula is C9H14N4O3. The van der Waals surface area contributed by atoms with Crippen LogP contribution in [0.15, 0.2) is 6.33 Å². The van der Waals surface area contributed by atoms with Gasteiger partial charge >= 0.3 is 5.97 Å². The van der Waals surface area contributed by atoms with E-state index in [0.29, 0.717) is 6.42 Å². The number of carboxylic acid groups (broad SMARTS) is 1. The second kappa shape index (κ2) is 5.24. The molecular weight excluding hydrogens is 212 g/mol. The van der Waals surface area contributed by atoms with Crippen LogP contribution in [-0.4, -0.2) is 49.7 Å². The quantitative estimate of drug-likeness (QED) is 0.743. The largest absolute Gasteiger partial charge is 0.480 e. The Balaban J connectivity index is 2.84. The van der Waals surface area contributed by atoms with Gasteiger partial charge in [0.15, 0.2) is 0 Å². The lowest BCUT2D eigenvalue weighted by molar-refractivity contribution is -0.138. The standard InChI is InChI=1S/C9H14N4O3/c1-3-6(2)13(4-7(14)15)9(16)8-10-5-11-12-8/h5-6H,3-4H2,1-2H3,(H,14,15)(H,10,11,12). The van der Waals surface area contributed by atoms with Crippen molar-refractivity contribution in [2.45, 2.75) is 26.3 Å². The maximum atomic E-state index is 11.9. The molecule has 1 aromatic heterocycles. The first kappa shape index (κ1) is 12.2. The smallest absolute Gasteiger partial charge is 0.323 e. The highest BCUT2D eigenvalue weighted by atomic mass is 16.4. The summed E-state index contributed by atoms with van der Waals surface area (Å²) in [4.78, 5) is 27.5. The fourth-order valence-corrected chi connectivity index (χ4v) is 1.24. The van der Waals surface area contributed by atoms with Crippen molar-refractivity contribution in [1.82, 2.24) is 20.1 Å². The molecule has 0 spiro atoms. The highest BCUT2D eigenvalue weighted by molar-refractivity contribution is 5.92. The Morgan fingerprint density at radius 1 is 1.62 bits per heavy atom. The van der Waals surface area contributed by atoms with E-state index in [-0.39, 0.29) is 18.4 Å². The summed E-state index contributed by atoms with van der Waals surface area (Å²) in [5.74, 6) is -1.44. The minimum absolute atomic E-state index is 0.0570. The molecule has 0 radical (unpaired) electrons. The molecule has 0 aliphatic heterocycles. The van der Waals surface area contributed by atoms with Crippen molar-refractivity contribution in [3.8, 4) is 0 Å². The second-order valence-corrected chi connectivity index (χ2v) is 3.42. The fraction of sp³-hybridized carbons (Fsp3) is 0.556. The molecule has 0 aliphatic rings. The van der Waals surface area contributed by atoms with Crippen molar-refractivity contribution in [2.75, 3.05) is 6.54 Å². The summed E-state index contributed by atoms with van der Waals surface area (Å²) in [7, 11) is 0. The van der Waals surface area contributed by atoms with E-state index in [4.69, 9.17) is 5.11 Å². The Morgan fingerprint density at radius 2 is 2.31 bits per heavy atom. The van der Waals surface area contributed by atoms with Gasteiger partial charge in [0.1, 0.15) is 12.9 Å². The number of hydrogen-bond acceptors (Lipinski definition) is 4. The molecule has 0 bridgehead atoms. The lowest BCUT2D eigenvalue weighted by Crippen LogP contribution is -2.42. The number of amides is 1. The molecule has 2 N–H and O–H groups in total. The summed E-state index contributed by atoms with van der Waals surface area (Å²) >= 11 is 0. The van der Waals surface area contributed by atoms with Gasteiger partial charge in [-0.1, -0.05) is 6.92 Å².